The van der Waals surface area contributed by atoms with E-state index < -0.39 is 0 Å². The Morgan fingerprint density at radius 2 is 0.284 bits per heavy atom. The van der Waals surface area contributed by atoms with Gasteiger partial charge in [0.15, 0.2) is 0 Å². The molecule has 0 aromatic rings. The Morgan fingerprint density at radius 3 is 0.432 bits per heavy atom. The summed E-state index contributed by atoms with van der Waals surface area (Å²) in [6.45, 7) is 18.6. The molecule has 0 amide bonds. The molecule has 488 valence electrons. The lowest BCUT2D eigenvalue weighted by Gasteiger charge is -2.34. The first-order chi connectivity index (χ1) is 40.2. The highest BCUT2D eigenvalue weighted by Crippen LogP contribution is 2.21. The van der Waals surface area contributed by atoms with Gasteiger partial charge in [0.1, 0.15) is 0 Å². The zero-order valence-corrected chi connectivity index (χ0v) is 58.1. The molecule has 0 aliphatic heterocycles. The third kappa shape index (κ3) is 68.9. The molecular formula is C79H162N2. The fourth-order valence-electron chi connectivity index (χ4n) is 13.5. The van der Waals surface area contributed by atoms with Gasteiger partial charge in [0.05, 0.1) is 0 Å². The molecular weight excluding hydrogens is 977 g/mol. The van der Waals surface area contributed by atoms with Crippen molar-refractivity contribution in [1.29, 1.82) is 0 Å². The topological polar surface area (TPSA) is 6.48 Å². The maximum absolute atomic E-state index is 2.99. The third-order valence-corrected chi connectivity index (χ3v) is 19.4. The number of nitrogens with zero attached hydrogens (tertiary/aromatic N) is 2. The summed E-state index contributed by atoms with van der Waals surface area (Å²) >= 11 is 0. The van der Waals surface area contributed by atoms with Crippen LogP contribution in [0.1, 0.15) is 471 Å². The predicted octanol–water partition coefficient (Wildman–Crippen LogP) is 28.6. The molecule has 0 radical (unpaired) electrons. The van der Waals surface area contributed by atoms with E-state index in [1.807, 2.05) is 0 Å². The van der Waals surface area contributed by atoms with Crippen LogP contribution in [0, 0.1) is 0 Å². The van der Waals surface area contributed by atoms with Gasteiger partial charge in [0.25, 0.3) is 0 Å². The normalized spacial score (nSPS) is 12.3. The largest absolute Gasteiger partial charge is 0.302 e. The summed E-state index contributed by atoms with van der Waals surface area (Å²) in [6, 6.07) is 0.684. The first-order valence-electron chi connectivity index (χ1n) is 39.7. The van der Waals surface area contributed by atoms with Gasteiger partial charge in [-0.25, -0.2) is 0 Å². The Balaban J connectivity index is 4.96. The molecule has 0 N–H and O–H groups in total. The lowest BCUT2D eigenvalue weighted by molar-refractivity contribution is 0.140. The average molecular weight is 1140 g/mol. The summed E-state index contributed by atoms with van der Waals surface area (Å²) in [6.07, 6.45) is 99.6. The minimum absolute atomic E-state index is 0.684. The second kappa shape index (κ2) is 74.2. The van der Waals surface area contributed by atoms with Crippen molar-refractivity contribution < 1.29 is 0 Å². The second-order valence-electron chi connectivity index (χ2n) is 27.8. The highest BCUT2D eigenvalue weighted by molar-refractivity contribution is 4.74. The van der Waals surface area contributed by atoms with Gasteiger partial charge in [-0.2, -0.15) is 0 Å². The van der Waals surface area contributed by atoms with Crippen LogP contribution in [0.25, 0.3) is 0 Å². The van der Waals surface area contributed by atoms with Crippen LogP contribution < -0.4 is 0 Å². The van der Waals surface area contributed by atoms with Crippen molar-refractivity contribution in [2.45, 2.75) is 477 Å². The van der Waals surface area contributed by atoms with Gasteiger partial charge >= 0.3 is 0 Å². The molecule has 0 rings (SSSR count). The maximum Gasteiger partial charge on any atom is 0.0194 e. The molecule has 0 heterocycles. The number of rotatable bonds is 75. The van der Waals surface area contributed by atoms with Crippen molar-refractivity contribution in [1.82, 2.24) is 9.80 Å². The SMILES string of the molecule is CCCCCCCCCCCCCCCCCCCN(CCCCCCCCCCCCCCCCCCC)CC(C)N(CCCCCCCCCCCCCCCCCCC)CCCCCCCCCCCCCCCCCCC. The number of hydrogen-bond acceptors (Lipinski definition) is 2. The molecule has 2 nitrogen and oxygen atoms in total. The molecule has 0 saturated carbocycles. The average Bonchev–Trinajstić information content (AvgIpc) is 3.47. The van der Waals surface area contributed by atoms with Gasteiger partial charge in [0, 0.05) is 12.6 Å². The molecule has 0 fully saturated rings. The quantitative estimate of drug-likeness (QED) is 0.0560. The fourth-order valence-corrected chi connectivity index (χ4v) is 13.5. The van der Waals surface area contributed by atoms with Crippen LogP contribution in [0.5, 0.6) is 0 Å². The van der Waals surface area contributed by atoms with Gasteiger partial charge in [-0.15, -0.1) is 0 Å². The molecule has 1 unspecified atom stereocenters. The molecule has 0 aromatic carbocycles. The van der Waals surface area contributed by atoms with Crippen molar-refractivity contribution in [3.8, 4) is 0 Å². The second-order valence-corrected chi connectivity index (χ2v) is 27.8. The summed E-state index contributed by atoms with van der Waals surface area (Å²) in [5.74, 6) is 0. The van der Waals surface area contributed by atoms with Gasteiger partial charge < -0.3 is 4.90 Å². The fraction of sp³-hybridized carbons (Fsp3) is 1.00. The van der Waals surface area contributed by atoms with E-state index in [1.54, 1.807) is 0 Å². The van der Waals surface area contributed by atoms with E-state index in [2.05, 4.69) is 44.4 Å². The smallest absolute Gasteiger partial charge is 0.0194 e. The van der Waals surface area contributed by atoms with E-state index in [1.165, 1.54) is 469 Å². The van der Waals surface area contributed by atoms with Crippen LogP contribution in [0.2, 0.25) is 0 Å². The van der Waals surface area contributed by atoms with Crippen LogP contribution in [-0.2, 0) is 0 Å². The van der Waals surface area contributed by atoms with Crippen molar-refractivity contribution in [2.75, 3.05) is 32.7 Å². The first kappa shape index (κ1) is 80.9. The van der Waals surface area contributed by atoms with Crippen LogP contribution in [-0.4, -0.2) is 48.6 Å². The van der Waals surface area contributed by atoms with Crippen LogP contribution >= 0.6 is 0 Å². The van der Waals surface area contributed by atoms with Crippen LogP contribution in [0.15, 0.2) is 0 Å². The van der Waals surface area contributed by atoms with Gasteiger partial charge in [-0.05, 0) is 58.8 Å². The van der Waals surface area contributed by atoms with Crippen molar-refractivity contribution in [3.63, 3.8) is 0 Å². The molecule has 2 heteroatoms. The minimum atomic E-state index is 0.684. The van der Waals surface area contributed by atoms with E-state index in [0.29, 0.717) is 6.04 Å². The number of unbranched alkanes of at least 4 members (excludes halogenated alkanes) is 64. The van der Waals surface area contributed by atoms with E-state index in [4.69, 9.17) is 0 Å². The number of hydrogen-bond donors (Lipinski definition) is 0. The van der Waals surface area contributed by atoms with E-state index in [9.17, 15) is 0 Å². The summed E-state index contributed by atoms with van der Waals surface area (Å²) in [7, 11) is 0. The summed E-state index contributed by atoms with van der Waals surface area (Å²) < 4.78 is 0. The van der Waals surface area contributed by atoms with Gasteiger partial charge in [-0.3, -0.25) is 4.90 Å². The molecule has 0 aromatic heterocycles. The summed E-state index contributed by atoms with van der Waals surface area (Å²) in [5.41, 5.74) is 0. The lowest BCUT2D eigenvalue weighted by Crippen LogP contribution is -2.44. The first-order valence-corrected chi connectivity index (χ1v) is 39.7. The molecule has 0 aliphatic carbocycles. The lowest BCUT2D eigenvalue weighted by atomic mass is 10.0. The standard InChI is InChI=1S/C79H162N2/c1-6-10-14-18-22-26-30-34-38-42-46-50-54-58-62-66-70-74-80(75-71-67-63-59-55-51-47-43-39-35-31-27-23-19-15-11-7-2)78-79(5)81(76-72-68-64-60-56-52-48-44-40-36-32-28-24-20-16-12-8-3)77-73-69-65-61-57-53-49-45-41-37-33-29-25-21-17-13-9-4/h79H,6-78H2,1-5H3. The predicted molar refractivity (Wildman–Crippen MR) is 374 cm³/mol. The maximum atomic E-state index is 2.99. The third-order valence-electron chi connectivity index (χ3n) is 19.4. The van der Waals surface area contributed by atoms with E-state index in [-0.39, 0.29) is 0 Å². The molecule has 0 bridgehead atoms. The minimum Gasteiger partial charge on any atom is -0.302 e. The monoisotopic (exact) mass is 1140 g/mol. The van der Waals surface area contributed by atoms with Crippen molar-refractivity contribution in [2.24, 2.45) is 0 Å². The van der Waals surface area contributed by atoms with Crippen LogP contribution in [0.4, 0.5) is 0 Å². The summed E-state index contributed by atoms with van der Waals surface area (Å²) in [5, 5.41) is 0. The Morgan fingerprint density at radius 1 is 0.160 bits per heavy atom. The van der Waals surface area contributed by atoms with E-state index >= 15 is 0 Å². The molecule has 1 atom stereocenters. The van der Waals surface area contributed by atoms with Crippen molar-refractivity contribution >= 4 is 0 Å². The van der Waals surface area contributed by atoms with Crippen LogP contribution in [0.3, 0.4) is 0 Å². The summed E-state index contributed by atoms with van der Waals surface area (Å²) in [4.78, 5) is 5.96. The van der Waals surface area contributed by atoms with Gasteiger partial charge in [-0.1, -0.05) is 439 Å². The molecule has 0 aliphatic rings. The van der Waals surface area contributed by atoms with E-state index in [0.717, 1.165) is 0 Å². The Labute approximate surface area is 517 Å². The Hall–Kier alpha value is -0.0800. The molecule has 0 saturated heterocycles. The Bertz CT molecular complexity index is 980. The highest BCUT2D eigenvalue weighted by atomic mass is 15.2. The van der Waals surface area contributed by atoms with Gasteiger partial charge in [0.2, 0.25) is 0 Å². The van der Waals surface area contributed by atoms with Crippen molar-refractivity contribution in [3.05, 3.63) is 0 Å². The zero-order chi connectivity index (χ0) is 58.4. The highest BCUT2D eigenvalue weighted by Gasteiger charge is 2.17. The zero-order valence-electron chi connectivity index (χ0n) is 58.1. The molecule has 81 heavy (non-hydrogen) atoms. The molecule has 0 spiro atoms. The Kier molecular flexibility index (Phi) is 74.1.